The lowest BCUT2D eigenvalue weighted by atomic mass is 10.1. The monoisotopic (exact) mass is 238 g/mol. The van der Waals surface area contributed by atoms with Crippen molar-refractivity contribution in [1.29, 1.82) is 0 Å². The Morgan fingerprint density at radius 1 is 1.53 bits per heavy atom. The smallest absolute Gasteiger partial charge is 0.145 e. The number of ether oxygens (including phenoxy) is 1. The van der Waals surface area contributed by atoms with Gasteiger partial charge in [0.1, 0.15) is 5.82 Å². The van der Waals surface area contributed by atoms with Crippen LogP contribution in [0, 0.1) is 0 Å². The van der Waals surface area contributed by atoms with E-state index in [1.165, 1.54) is 19.4 Å². The molecule has 96 valence electrons. The Hall–Kier alpha value is -1.07. The van der Waals surface area contributed by atoms with Crippen molar-refractivity contribution in [2.45, 2.75) is 32.4 Å². The van der Waals surface area contributed by atoms with Crippen LogP contribution in [0.1, 0.15) is 19.8 Å². The zero-order chi connectivity index (χ0) is 12.1. The predicted molar refractivity (Wildman–Crippen MR) is 67.7 cm³/mol. The van der Waals surface area contributed by atoms with Crippen molar-refractivity contribution in [2.75, 3.05) is 32.0 Å². The van der Waals surface area contributed by atoms with E-state index in [9.17, 15) is 0 Å². The molecule has 1 aromatic rings. The maximum atomic E-state index is 5.69. The Kier molecular flexibility index (Phi) is 4.39. The summed E-state index contributed by atoms with van der Waals surface area (Å²) >= 11 is 0. The van der Waals surface area contributed by atoms with Crippen molar-refractivity contribution in [3.05, 3.63) is 12.3 Å². The minimum Gasteiger partial charge on any atom is -0.382 e. The lowest BCUT2D eigenvalue weighted by Crippen LogP contribution is -2.41. The molecule has 2 N–H and O–H groups in total. The molecular formula is C12H22N4O. The van der Waals surface area contributed by atoms with E-state index in [-0.39, 0.29) is 0 Å². The molecule has 1 fully saturated rings. The molecule has 5 nitrogen and oxygen atoms in total. The average Bonchev–Trinajstić information content (AvgIpc) is 2.74. The number of aromatic nitrogens is 2. The van der Waals surface area contributed by atoms with Crippen molar-refractivity contribution < 1.29 is 4.74 Å². The van der Waals surface area contributed by atoms with Gasteiger partial charge in [0.05, 0.1) is 12.6 Å². The standard InChI is InChI=1S/C12H22N4O/c1-2-17-11-4-3-6-15(10-11)8-9-16-7-5-12(13)14-16/h5,7,11H,2-4,6,8-10H2,1H3,(H2,13,14). The highest BCUT2D eigenvalue weighted by molar-refractivity contribution is 5.23. The van der Waals surface area contributed by atoms with Gasteiger partial charge in [-0.1, -0.05) is 0 Å². The summed E-state index contributed by atoms with van der Waals surface area (Å²) < 4.78 is 7.59. The fourth-order valence-electron chi connectivity index (χ4n) is 2.33. The Labute approximate surface area is 103 Å². The molecule has 5 heteroatoms. The van der Waals surface area contributed by atoms with Crippen LogP contribution >= 0.6 is 0 Å². The fourth-order valence-corrected chi connectivity index (χ4v) is 2.33. The molecule has 0 bridgehead atoms. The number of anilines is 1. The van der Waals surface area contributed by atoms with Gasteiger partial charge in [0, 0.05) is 25.9 Å². The second-order valence-electron chi connectivity index (χ2n) is 4.52. The van der Waals surface area contributed by atoms with Crippen LogP contribution in [0.4, 0.5) is 5.82 Å². The minimum atomic E-state index is 0.413. The van der Waals surface area contributed by atoms with Gasteiger partial charge in [-0.05, 0) is 32.4 Å². The van der Waals surface area contributed by atoms with Crippen molar-refractivity contribution in [3.8, 4) is 0 Å². The van der Waals surface area contributed by atoms with Crippen LogP contribution < -0.4 is 5.73 Å². The molecule has 0 aromatic carbocycles. The van der Waals surface area contributed by atoms with Crippen molar-refractivity contribution in [1.82, 2.24) is 14.7 Å². The summed E-state index contributed by atoms with van der Waals surface area (Å²) in [6.45, 7) is 7.01. The van der Waals surface area contributed by atoms with Crippen molar-refractivity contribution >= 4 is 5.82 Å². The van der Waals surface area contributed by atoms with Gasteiger partial charge in [0.25, 0.3) is 0 Å². The first-order valence-corrected chi connectivity index (χ1v) is 6.41. The highest BCUT2D eigenvalue weighted by Crippen LogP contribution is 2.13. The van der Waals surface area contributed by atoms with E-state index in [2.05, 4.69) is 16.9 Å². The highest BCUT2D eigenvalue weighted by atomic mass is 16.5. The first-order chi connectivity index (χ1) is 8.28. The summed E-state index contributed by atoms with van der Waals surface area (Å²) in [7, 11) is 0. The van der Waals surface area contributed by atoms with Gasteiger partial charge in [-0.15, -0.1) is 0 Å². The number of hydrogen-bond acceptors (Lipinski definition) is 4. The molecule has 0 amide bonds. The maximum Gasteiger partial charge on any atom is 0.145 e. The van der Waals surface area contributed by atoms with Crippen LogP contribution in [-0.4, -0.2) is 47.0 Å². The van der Waals surface area contributed by atoms with Crippen molar-refractivity contribution in [2.24, 2.45) is 0 Å². The highest BCUT2D eigenvalue weighted by Gasteiger charge is 2.19. The molecule has 0 saturated carbocycles. The molecule has 1 saturated heterocycles. The Morgan fingerprint density at radius 3 is 3.12 bits per heavy atom. The summed E-state index contributed by atoms with van der Waals surface area (Å²) in [5.74, 6) is 0.593. The second kappa shape index (κ2) is 6.02. The van der Waals surface area contributed by atoms with E-state index in [0.717, 1.165) is 26.2 Å². The van der Waals surface area contributed by atoms with Gasteiger partial charge >= 0.3 is 0 Å². The van der Waals surface area contributed by atoms with Gasteiger partial charge in [-0.2, -0.15) is 5.10 Å². The second-order valence-corrected chi connectivity index (χ2v) is 4.52. The number of hydrogen-bond donors (Lipinski definition) is 1. The molecular weight excluding hydrogens is 216 g/mol. The SMILES string of the molecule is CCOC1CCCN(CCn2ccc(N)n2)C1. The Balaban J connectivity index is 1.75. The van der Waals surface area contributed by atoms with E-state index in [0.29, 0.717) is 11.9 Å². The van der Waals surface area contributed by atoms with Gasteiger partial charge in [0.15, 0.2) is 0 Å². The summed E-state index contributed by atoms with van der Waals surface area (Å²) in [5.41, 5.74) is 5.58. The molecule has 1 atom stereocenters. The summed E-state index contributed by atoms with van der Waals surface area (Å²) in [4.78, 5) is 2.45. The average molecular weight is 238 g/mol. The van der Waals surface area contributed by atoms with E-state index in [1.807, 2.05) is 16.9 Å². The van der Waals surface area contributed by atoms with Crippen LogP contribution in [0.3, 0.4) is 0 Å². The zero-order valence-electron chi connectivity index (χ0n) is 10.5. The van der Waals surface area contributed by atoms with E-state index in [4.69, 9.17) is 10.5 Å². The Bertz CT molecular complexity index is 337. The molecule has 17 heavy (non-hydrogen) atoms. The van der Waals surface area contributed by atoms with Crippen LogP contribution in [0.15, 0.2) is 12.3 Å². The number of nitrogens with zero attached hydrogens (tertiary/aromatic N) is 3. The first-order valence-electron chi connectivity index (χ1n) is 6.41. The first kappa shape index (κ1) is 12.4. The summed E-state index contributed by atoms with van der Waals surface area (Å²) in [5, 5.41) is 4.19. The molecule has 2 rings (SSSR count). The van der Waals surface area contributed by atoms with Gasteiger partial charge in [-0.3, -0.25) is 9.58 Å². The minimum absolute atomic E-state index is 0.413. The number of nitrogen functional groups attached to an aromatic ring is 1. The molecule has 1 aromatic heterocycles. The van der Waals surface area contributed by atoms with Crippen LogP contribution in [-0.2, 0) is 11.3 Å². The normalized spacial score (nSPS) is 21.8. The maximum absolute atomic E-state index is 5.69. The zero-order valence-corrected chi connectivity index (χ0v) is 10.5. The lowest BCUT2D eigenvalue weighted by Gasteiger charge is -2.32. The van der Waals surface area contributed by atoms with Gasteiger partial charge in [-0.25, -0.2) is 0 Å². The van der Waals surface area contributed by atoms with Crippen LogP contribution in [0.2, 0.25) is 0 Å². The summed E-state index contributed by atoms with van der Waals surface area (Å²) in [6, 6.07) is 1.83. The lowest BCUT2D eigenvalue weighted by molar-refractivity contribution is 0.00493. The quantitative estimate of drug-likeness (QED) is 0.830. The predicted octanol–water partition coefficient (Wildman–Crippen LogP) is 0.966. The Morgan fingerprint density at radius 2 is 2.41 bits per heavy atom. The molecule has 1 aliphatic heterocycles. The van der Waals surface area contributed by atoms with E-state index in [1.54, 1.807) is 0 Å². The fraction of sp³-hybridized carbons (Fsp3) is 0.750. The molecule has 0 spiro atoms. The molecule has 1 aliphatic rings. The number of nitrogens with two attached hydrogens (primary N) is 1. The number of rotatable bonds is 5. The van der Waals surface area contributed by atoms with Gasteiger partial charge < -0.3 is 10.5 Å². The number of likely N-dealkylation sites (tertiary alicyclic amines) is 1. The third-order valence-corrected chi connectivity index (χ3v) is 3.17. The van der Waals surface area contributed by atoms with Crippen LogP contribution in [0.5, 0.6) is 0 Å². The van der Waals surface area contributed by atoms with E-state index >= 15 is 0 Å². The molecule has 2 heterocycles. The van der Waals surface area contributed by atoms with Gasteiger partial charge in [0.2, 0.25) is 0 Å². The summed E-state index contributed by atoms with van der Waals surface area (Å²) in [6.07, 6.45) is 4.76. The van der Waals surface area contributed by atoms with E-state index < -0.39 is 0 Å². The molecule has 0 radical (unpaired) electrons. The van der Waals surface area contributed by atoms with Crippen molar-refractivity contribution in [3.63, 3.8) is 0 Å². The topological polar surface area (TPSA) is 56.3 Å². The number of piperidine rings is 1. The third kappa shape index (κ3) is 3.71. The molecule has 0 aliphatic carbocycles. The van der Waals surface area contributed by atoms with Crippen LogP contribution in [0.25, 0.3) is 0 Å². The third-order valence-electron chi connectivity index (χ3n) is 3.17. The molecule has 1 unspecified atom stereocenters. The largest absolute Gasteiger partial charge is 0.382 e.